The van der Waals surface area contributed by atoms with Crippen LogP contribution in [0.2, 0.25) is 0 Å². The fraction of sp³-hybridized carbons (Fsp3) is 0.967. The first kappa shape index (κ1) is 70.9. The molecule has 0 bridgehead atoms. The molecule has 9 aliphatic rings. The van der Waals surface area contributed by atoms with Crippen molar-refractivity contribution in [3.63, 3.8) is 0 Å². The summed E-state index contributed by atoms with van der Waals surface area (Å²) < 4.78 is 53.8. The number of rotatable bonds is 19. The van der Waals surface area contributed by atoms with Gasteiger partial charge in [-0.15, -0.1) is 0 Å². The molecule has 28 heteroatoms. The van der Waals surface area contributed by atoms with Crippen LogP contribution in [0.15, 0.2) is 11.6 Å². The number of ether oxygens (including phenoxy) is 9. The summed E-state index contributed by atoms with van der Waals surface area (Å²) in [6, 6.07) is 0. The highest BCUT2D eigenvalue weighted by Gasteiger charge is 2.70. The van der Waals surface area contributed by atoms with Crippen LogP contribution in [-0.4, -0.2) is 301 Å². The Morgan fingerprint density at radius 3 is 1.59 bits per heavy atom. The van der Waals surface area contributed by atoms with Gasteiger partial charge in [0.2, 0.25) is 0 Å². The van der Waals surface area contributed by atoms with Crippen LogP contribution < -0.4 is 0 Å². The summed E-state index contributed by atoms with van der Waals surface area (Å²) in [5.41, 5.74) is -2.35. The fourth-order valence-corrected chi connectivity index (χ4v) is 17.3. The quantitative estimate of drug-likeness (QED) is 0.0539. The number of hydrogen-bond donors (Lipinski definition) is 19. The summed E-state index contributed by atoms with van der Waals surface area (Å²) in [6.07, 6.45) is -36.6. The number of allylic oxidation sites excluding steroid dienone is 1. The van der Waals surface area contributed by atoms with Crippen molar-refractivity contribution in [3.05, 3.63) is 11.6 Å². The zero-order valence-corrected chi connectivity index (χ0v) is 51.4. The lowest BCUT2D eigenvalue weighted by Crippen LogP contribution is -2.65. The van der Waals surface area contributed by atoms with E-state index in [0.29, 0.717) is 32.1 Å². The molecule has 9 rings (SSSR count). The van der Waals surface area contributed by atoms with Crippen molar-refractivity contribution in [2.45, 2.75) is 290 Å². The van der Waals surface area contributed by atoms with E-state index in [4.69, 9.17) is 42.6 Å². The molecule has 4 aliphatic carbocycles. The molecule has 5 saturated heterocycles. The Morgan fingerprint density at radius 1 is 0.534 bits per heavy atom. The maximum atomic E-state index is 12.8. The average Bonchev–Trinajstić information content (AvgIpc) is 1.30. The van der Waals surface area contributed by atoms with Gasteiger partial charge in [-0.2, -0.15) is 0 Å². The second-order valence-electron chi connectivity index (χ2n) is 28.8. The summed E-state index contributed by atoms with van der Waals surface area (Å²) in [5.74, 6) is 0.101. The molecule has 0 spiro atoms. The summed E-state index contributed by atoms with van der Waals surface area (Å²) in [7, 11) is 0. The normalized spacial score (nSPS) is 52.2. The molecule has 0 aromatic carbocycles. The Bertz CT molecular complexity index is 2330. The molecule has 28 nitrogen and oxygen atoms in total. The smallest absolute Gasteiger partial charge is 0.187 e. The van der Waals surface area contributed by atoms with E-state index >= 15 is 0 Å². The van der Waals surface area contributed by atoms with Crippen molar-refractivity contribution >= 4 is 0 Å². The molecule has 88 heavy (non-hydrogen) atoms. The molecule has 510 valence electrons. The maximum Gasteiger partial charge on any atom is 0.187 e. The average molecular weight is 1270 g/mol. The van der Waals surface area contributed by atoms with Gasteiger partial charge < -0.3 is 140 Å². The molecule has 5 heterocycles. The highest BCUT2D eigenvalue weighted by Crippen LogP contribution is 2.75. The van der Waals surface area contributed by atoms with E-state index in [1.165, 1.54) is 0 Å². The van der Waals surface area contributed by atoms with Crippen molar-refractivity contribution < 1.29 is 140 Å². The lowest BCUT2D eigenvalue weighted by atomic mass is 9.38. The number of aliphatic hydroxyl groups is 19. The van der Waals surface area contributed by atoms with Crippen molar-refractivity contribution in [2.24, 2.45) is 45.3 Å². The Balaban J connectivity index is 0.847. The van der Waals surface area contributed by atoms with Crippen molar-refractivity contribution in [1.29, 1.82) is 0 Å². The monoisotopic (exact) mass is 1270 g/mol. The summed E-state index contributed by atoms with van der Waals surface area (Å²) in [5, 5.41) is 205. The van der Waals surface area contributed by atoms with Crippen LogP contribution in [0.3, 0.4) is 0 Å². The number of hydrogen-bond acceptors (Lipinski definition) is 28. The highest BCUT2D eigenvalue weighted by molar-refractivity contribution is 5.32. The lowest BCUT2D eigenvalue weighted by molar-refractivity contribution is -0.375. The Kier molecular flexibility index (Phi) is 21.8. The minimum Gasteiger partial charge on any atom is -0.394 e. The second kappa shape index (κ2) is 27.0. The Morgan fingerprint density at radius 2 is 1.01 bits per heavy atom. The minimum atomic E-state index is -1.87. The van der Waals surface area contributed by atoms with Crippen LogP contribution in [0.5, 0.6) is 0 Å². The summed E-state index contributed by atoms with van der Waals surface area (Å²) in [4.78, 5) is 0. The van der Waals surface area contributed by atoms with E-state index in [-0.39, 0.29) is 40.9 Å². The van der Waals surface area contributed by atoms with E-state index in [1.807, 2.05) is 13.8 Å². The van der Waals surface area contributed by atoms with Crippen LogP contribution in [0.25, 0.3) is 0 Å². The van der Waals surface area contributed by atoms with Gasteiger partial charge in [0.05, 0.1) is 62.5 Å². The van der Waals surface area contributed by atoms with Gasteiger partial charge in [0.1, 0.15) is 116 Å². The van der Waals surface area contributed by atoms with E-state index < -0.39 is 221 Å². The Hall–Kier alpha value is -1.38. The molecular weight excluding hydrogens is 1170 g/mol. The molecule has 5 aliphatic heterocycles. The van der Waals surface area contributed by atoms with Crippen LogP contribution in [0, 0.1) is 45.3 Å². The second-order valence-corrected chi connectivity index (χ2v) is 28.8. The first-order valence-electron chi connectivity index (χ1n) is 31.4. The molecule has 0 radical (unpaired) electrons. The van der Waals surface area contributed by atoms with E-state index in [0.717, 1.165) is 18.4 Å². The molecule has 3 unspecified atom stereocenters. The highest BCUT2D eigenvalue weighted by atomic mass is 16.8. The van der Waals surface area contributed by atoms with E-state index in [2.05, 4.69) is 33.8 Å². The zero-order chi connectivity index (χ0) is 64.8. The third kappa shape index (κ3) is 12.6. The predicted octanol–water partition coefficient (Wildman–Crippen LogP) is -4.99. The summed E-state index contributed by atoms with van der Waals surface area (Å²) >= 11 is 0. The zero-order valence-electron chi connectivity index (χ0n) is 51.4. The molecule has 0 amide bonds. The van der Waals surface area contributed by atoms with Gasteiger partial charge in [0, 0.05) is 17.3 Å². The first-order valence-corrected chi connectivity index (χ1v) is 31.4. The SMILES string of the molecule is C[C@H](CC[C@@H](O[C@@H]1O[C@H](CO)[C@@H](O)[C@H](O)[C@H]1O[C@H]1O[C@@H](CO)[C@H](O)[C@@H](O)[C@@H]1O)C(C)(C)O)C1CC[C@@]2(C)C3CC=C4C(CC[C@H](O[C@@H]5O[C@H](CO[C@@H]6O[C@H](C[C@H]7O[C@@H](CO)[C@H](O)[C@@H](O)[C@@H]7O)[C@@H](O)[C@H](O)[C@H]6O)[C@@H](O)[C@H](O)[C@H]5O)C4(C)C)[C@]3(C)[C@H](O)C[C@]12C. The predicted molar refractivity (Wildman–Crippen MR) is 299 cm³/mol. The number of aliphatic hydroxyl groups excluding tert-OH is 18. The number of fused-ring (bicyclic) bond motifs is 5. The lowest BCUT2D eigenvalue weighted by Gasteiger charge is -2.67. The molecule has 19 N–H and O–H groups in total. The molecule has 0 aromatic rings. The first-order chi connectivity index (χ1) is 41.1. The maximum absolute atomic E-state index is 12.8. The third-order valence-electron chi connectivity index (χ3n) is 23.1. The van der Waals surface area contributed by atoms with Crippen LogP contribution in [-0.2, 0) is 42.6 Å². The van der Waals surface area contributed by atoms with Crippen LogP contribution >= 0.6 is 0 Å². The molecule has 8 fully saturated rings. The van der Waals surface area contributed by atoms with Crippen molar-refractivity contribution in [3.8, 4) is 0 Å². The minimum absolute atomic E-state index is 0.0202. The largest absolute Gasteiger partial charge is 0.394 e. The third-order valence-corrected chi connectivity index (χ3v) is 23.1. The van der Waals surface area contributed by atoms with Gasteiger partial charge in [-0.25, -0.2) is 0 Å². The van der Waals surface area contributed by atoms with Gasteiger partial charge in [-0.05, 0) is 99.7 Å². The Labute approximate surface area is 512 Å². The van der Waals surface area contributed by atoms with Gasteiger partial charge in [0.25, 0.3) is 0 Å². The fourth-order valence-electron chi connectivity index (χ4n) is 17.3. The van der Waals surface area contributed by atoms with Crippen molar-refractivity contribution in [1.82, 2.24) is 0 Å². The standard InChI is InChI=1S/C60H102O28/c1-23(9-13-36(57(4,5)79)87-55-51(47(75)41(69)31(21-63)84-55)88-54-50(78)45(73)40(68)30(20-62)83-54)24-15-16-58(6)33-12-10-25-26(60(33,8)34(64)18-59(24,58)7)11-14-35(56(25,2)3)86-53-49(77)46(74)42(70)32(85-53)22-80-52-48(76)44(72)38(66)28(82-52)17-27-37(65)43(71)39(67)29(19-61)81-27/h10,23-24,26-55,61-79H,9,11-22H2,1-8H3/t23-,24?,26?,27-,28-,29+,30+,31-,32-,33?,34-,35+,36-,37-,38-,39+,40+,41-,42-,43+,44+,45-,46+,47+,48-,49-,50+,51-,52-,53+,54-,55+,58+,59-,60+/m1/s1. The van der Waals surface area contributed by atoms with Gasteiger partial charge >= 0.3 is 0 Å². The molecule has 3 saturated carbocycles. The van der Waals surface area contributed by atoms with E-state index in [1.54, 1.807) is 13.8 Å². The topological polar surface area (TPSA) is 467 Å². The molecular formula is C60H102O28. The van der Waals surface area contributed by atoms with E-state index in [9.17, 15) is 97.0 Å². The van der Waals surface area contributed by atoms with Crippen molar-refractivity contribution in [2.75, 3.05) is 26.4 Å². The van der Waals surface area contributed by atoms with Crippen LogP contribution in [0.1, 0.15) is 113 Å². The van der Waals surface area contributed by atoms with Gasteiger partial charge in [-0.1, -0.05) is 53.2 Å². The molecule has 35 atom stereocenters. The summed E-state index contributed by atoms with van der Waals surface area (Å²) in [6.45, 7) is 13.3. The van der Waals surface area contributed by atoms with Gasteiger partial charge in [0.15, 0.2) is 25.2 Å². The molecule has 0 aromatic heterocycles. The van der Waals surface area contributed by atoms with Crippen LogP contribution in [0.4, 0.5) is 0 Å². The van der Waals surface area contributed by atoms with Gasteiger partial charge in [-0.3, -0.25) is 0 Å².